The lowest BCUT2D eigenvalue weighted by Gasteiger charge is -2.10. The molecule has 0 aliphatic rings. The van der Waals surface area contributed by atoms with Crippen molar-refractivity contribution in [2.24, 2.45) is 7.05 Å². The maximum absolute atomic E-state index is 12.2. The number of carbonyl (C=O) groups is 2. The minimum absolute atomic E-state index is 0.125. The van der Waals surface area contributed by atoms with Crippen molar-refractivity contribution < 1.29 is 14.3 Å². The van der Waals surface area contributed by atoms with Crippen molar-refractivity contribution in [1.29, 1.82) is 0 Å². The average Bonchev–Trinajstić information content (AvgIpc) is 2.69. The number of benzene rings is 2. The Morgan fingerprint density at radius 1 is 1.07 bits per heavy atom. The molecule has 0 spiro atoms. The van der Waals surface area contributed by atoms with E-state index in [1.54, 1.807) is 24.3 Å². The third kappa shape index (κ3) is 4.43. The Bertz CT molecular complexity index is 1090. The summed E-state index contributed by atoms with van der Waals surface area (Å²) in [7, 11) is 1.53. The van der Waals surface area contributed by atoms with Crippen LogP contribution >= 0.6 is 0 Å². The molecule has 0 saturated heterocycles. The monoisotopic (exact) mass is 379 g/mol. The van der Waals surface area contributed by atoms with Crippen molar-refractivity contribution in [3.63, 3.8) is 0 Å². The van der Waals surface area contributed by atoms with E-state index in [1.165, 1.54) is 11.7 Å². The maximum Gasteiger partial charge on any atom is 0.312 e. The first kappa shape index (κ1) is 19.3. The molecule has 0 bridgehead atoms. The van der Waals surface area contributed by atoms with Gasteiger partial charge < -0.3 is 10.1 Å². The fourth-order valence-corrected chi connectivity index (χ4v) is 2.89. The summed E-state index contributed by atoms with van der Waals surface area (Å²) >= 11 is 0. The van der Waals surface area contributed by atoms with E-state index in [-0.39, 0.29) is 24.5 Å². The van der Waals surface area contributed by atoms with E-state index in [1.807, 2.05) is 31.2 Å². The number of nitrogens with zero attached hydrogens (tertiary/aromatic N) is 2. The summed E-state index contributed by atoms with van der Waals surface area (Å²) in [6.45, 7) is 1.97. The highest BCUT2D eigenvalue weighted by Crippen LogP contribution is 2.14. The van der Waals surface area contributed by atoms with Crippen LogP contribution in [0.25, 0.3) is 10.8 Å². The third-order valence-electron chi connectivity index (χ3n) is 4.45. The number of ether oxygens (including phenoxy) is 1. The molecule has 7 heteroatoms. The Kier molecular flexibility index (Phi) is 5.84. The number of hydrogen-bond acceptors (Lipinski definition) is 5. The number of aromatic nitrogens is 2. The quantitative estimate of drug-likeness (QED) is 0.658. The first-order valence-electron chi connectivity index (χ1n) is 8.87. The SMILES string of the molecule is Cc1ccccc1CNC(=O)COC(=O)Cc1nn(C)c(=O)c2ccccc12. The molecule has 2 aromatic carbocycles. The van der Waals surface area contributed by atoms with Crippen LogP contribution in [0.15, 0.2) is 53.3 Å². The van der Waals surface area contributed by atoms with Gasteiger partial charge in [0, 0.05) is 19.0 Å². The molecule has 0 aliphatic carbocycles. The van der Waals surface area contributed by atoms with Crippen molar-refractivity contribution in [3.05, 3.63) is 75.7 Å². The molecule has 144 valence electrons. The van der Waals surface area contributed by atoms with Crippen molar-refractivity contribution in [2.45, 2.75) is 19.9 Å². The van der Waals surface area contributed by atoms with E-state index < -0.39 is 5.97 Å². The molecule has 1 amide bonds. The van der Waals surface area contributed by atoms with Crippen LogP contribution in [-0.4, -0.2) is 28.3 Å². The fraction of sp³-hybridized carbons (Fsp3) is 0.238. The van der Waals surface area contributed by atoms with Gasteiger partial charge in [-0.25, -0.2) is 4.68 Å². The minimum atomic E-state index is -0.581. The van der Waals surface area contributed by atoms with Gasteiger partial charge in [0.1, 0.15) is 0 Å². The zero-order valence-electron chi connectivity index (χ0n) is 15.8. The molecule has 3 aromatic rings. The Morgan fingerprint density at radius 3 is 2.50 bits per heavy atom. The molecular weight excluding hydrogens is 358 g/mol. The fourth-order valence-electron chi connectivity index (χ4n) is 2.89. The molecule has 1 heterocycles. The summed E-state index contributed by atoms with van der Waals surface area (Å²) in [5, 5.41) is 7.97. The number of nitrogens with one attached hydrogen (secondary N) is 1. The molecule has 0 atom stereocenters. The van der Waals surface area contributed by atoms with Gasteiger partial charge in [0.15, 0.2) is 6.61 Å². The van der Waals surface area contributed by atoms with Crippen molar-refractivity contribution >= 4 is 22.6 Å². The van der Waals surface area contributed by atoms with Gasteiger partial charge in [-0.05, 0) is 24.1 Å². The second kappa shape index (κ2) is 8.47. The zero-order valence-corrected chi connectivity index (χ0v) is 15.8. The number of rotatable bonds is 6. The van der Waals surface area contributed by atoms with E-state index in [2.05, 4.69) is 10.4 Å². The highest BCUT2D eigenvalue weighted by Gasteiger charge is 2.14. The molecule has 0 saturated carbocycles. The standard InChI is InChI=1S/C21H21N3O4/c1-14-7-3-4-8-15(14)12-22-19(25)13-28-20(26)11-18-16-9-5-6-10-17(16)21(27)24(2)23-18/h3-10H,11-13H2,1-2H3,(H,22,25). The summed E-state index contributed by atoms with van der Waals surface area (Å²) in [5.74, 6) is -0.961. The van der Waals surface area contributed by atoms with Crippen molar-refractivity contribution in [3.8, 4) is 0 Å². The molecule has 3 rings (SSSR count). The Hall–Kier alpha value is -3.48. The minimum Gasteiger partial charge on any atom is -0.455 e. The van der Waals surface area contributed by atoms with Crippen LogP contribution in [0.1, 0.15) is 16.8 Å². The summed E-state index contributed by atoms with van der Waals surface area (Å²) < 4.78 is 6.26. The highest BCUT2D eigenvalue weighted by atomic mass is 16.5. The molecule has 1 N–H and O–H groups in total. The van der Waals surface area contributed by atoms with Crippen LogP contribution in [0.3, 0.4) is 0 Å². The summed E-state index contributed by atoms with van der Waals surface area (Å²) in [4.78, 5) is 36.2. The molecule has 0 aliphatic heterocycles. The maximum atomic E-state index is 12.2. The average molecular weight is 379 g/mol. The lowest BCUT2D eigenvalue weighted by molar-refractivity contribution is -0.147. The lowest BCUT2D eigenvalue weighted by Crippen LogP contribution is -2.29. The second-order valence-electron chi connectivity index (χ2n) is 6.46. The van der Waals surface area contributed by atoms with Gasteiger partial charge in [-0.1, -0.05) is 42.5 Å². The molecular formula is C21H21N3O4. The summed E-state index contributed by atoms with van der Waals surface area (Å²) in [6.07, 6.45) is -0.125. The van der Waals surface area contributed by atoms with Crippen LogP contribution in [0.2, 0.25) is 0 Å². The largest absolute Gasteiger partial charge is 0.455 e. The van der Waals surface area contributed by atoms with Gasteiger partial charge in [0.05, 0.1) is 17.5 Å². The molecule has 7 nitrogen and oxygen atoms in total. The summed E-state index contributed by atoms with van der Waals surface area (Å²) in [6, 6.07) is 14.7. The van der Waals surface area contributed by atoms with E-state index >= 15 is 0 Å². The Balaban J connectivity index is 1.58. The number of carbonyl (C=O) groups excluding carboxylic acids is 2. The smallest absolute Gasteiger partial charge is 0.312 e. The van der Waals surface area contributed by atoms with Crippen LogP contribution in [0.5, 0.6) is 0 Å². The molecule has 1 aromatic heterocycles. The normalized spacial score (nSPS) is 10.6. The second-order valence-corrected chi connectivity index (χ2v) is 6.46. The van der Waals surface area contributed by atoms with Gasteiger partial charge in [-0.2, -0.15) is 5.10 Å². The van der Waals surface area contributed by atoms with Gasteiger partial charge in [-0.15, -0.1) is 0 Å². The lowest BCUT2D eigenvalue weighted by atomic mass is 10.1. The highest BCUT2D eigenvalue weighted by molar-refractivity contribution is 5.87. The number of fused-ring (bicyclic) bond motifs is 1. The first-order valence-corrected chi connectivity index (χ1v) is 8.87. The summed E-state index contributed by atoms with van der Waals surface area (Å²) in [5.41, 5.74) is 2.28. The molecule has 0 fully saturated rings. The van der Waals surface area contributed by atoms with E-state index in [9.17, 15) is 14.4 Å². The topological polar surface area (TPSA) is 90.3 Å². The van der Waals surface area contributed by atoms with Crippen LogP contribution in [0, 0.1) is 6.92 Å². The Labute approximate surface area is 161 Å². The molecule has 0 unspecified atom stereocenters. The van der Waals surface area contributed by atoms with Gasteiger partial charge >= 0.3 is 5.97 Å². The molecule has 28 heavy (non-hydrogen) atoms. The van der Waals surface area contributed by atoms with Gasteiger partial charge in [0.25, 0.3) is 11.5 Å². The van der Waals surface area contributed by atoms with E-state index in [4.69, 9.17) is 4.74 Å². The number of amides is 1. The first-order chi connectivity index (χ1) is 13.5. The van der Waals surface area contributed by atoms with Crippen molar-refractivity contribution in [1.82, 2.24) is 15.1 Å². The predicted octanol–water partition coefficient (Wildman–Crippen LogP) is 1.64. The van der Waals surface area contributed by atoms with Crippen LogP contribution < -0.4 is 10.9 Å². The van der Waals surface area contributed by atoms with Crippen molar-refractivity contribution in [2.75, 3.05) is 6.61 Å². The number of hydrogen-bond donors (Lipinski definition) is 1. The van der Waals surface area contributed by atoms with Crippen LogP contribution in [0.4, 0.5) is 0 Å². The third-order valence-corrected chi connectivity index (χ3v) is 4.45. The predicted molar refractivity (Wildman–Crippen MR) is 105 cm³/mol. The number of aryl methyl sites for hydroxylation is 2. The van der Waals surface area contributed by atoms with E-state index in [0.717, 1.165) is 11.1 Å². The molecule has 0 radical (unpaired) electrons. The zero-order chi connectivity index (χ0) is 20.1. The number of esters is 1. The van der Waals surface area contributed by atoms with Crippen LogP contribution in [-0.2, 0) is 34.3 Å². The van der Waals surface area contributed by atoms with Gasteiger partial charge in [0.2, 0.25) is 0 Å². The van der Waals surface area contributed by atoms with Gasteiger partial charge in [-0.3, -0.25) is 14.4 Å². The van der Waals surface area contributed by atoms with E-state index in [0.29, 0.717) is 23.0 Å². The Morgan fingerprint density at radius 2 is 1.75 bits per heavy atom.